The second kappa shape index (κ2) is 11.6. The number of anilines is 1. The van der Waals surface area contributed by atoms with Crippen LogP contribution >= 0.6 is 0 Å². The zero-order valence-corrected chi connectivity index (χ0v) is 18.2. The summed E-state index contributed by atoms with van der Waals surface area (Å²) in [4.78, 5) is 28.7. The lowest BCUT2D eigenvalue weighted by molar-refractivity contribution is -0.131. The molecule has 0 spiro atoms. The van der Waals surface area contributed by atoms with Gasteiger partial charge in [-0.15, -0.1) is 0 Å². The van der Waals surface area contributed by atoms with Crippen molar-refractivity contribution in [1.82, 2.24) is 10.2 Å². The molecule has 6 heteroatoms. The minimum absolute atomic E-state index is 0.0557. The number of hydrogen-bond donors (Lipinski definition) is 1. The standard InChI is InChI=1S/C24H35N3O3/c1-30-22-11-6-5-10-21(22)26-16-18-27(19-17-26)24(29)13-7-12-23(28)25-15-14-20-8-3-2-4-9-20/h5-6,8,10-11H,2-4,7,9,12-19H2,1H3,(H,25,28). The monoisotopic (exact) mass is 413 g/mol. The molecule has 30 heavy (non-hydrogen) atoms. The van der Waals surface area contributed by atoms with Gasteiger partial charge in [-0.3, -0.25) is 9.59 Å². The molecule has 0 bridgehead atoms. The summed E-state index contributed by atoms with van der Waals surface area (Å²) >= 11 is 0. The number of carbonyl (C=O) groups is 2. The van der Waals surface area contributed by atoms with Crippen LogP contribution in [0.1, 0.15) is 51.4 Å². The summed E-state index contributed by atoms with van der Waals surface area (Å²) < 4.78 is 5.45. The van der Waals surface area contributed by atoms with E-state index in [9.17, 15) is 9.59 Å². The Hall–Kier alpha value is -2.50. The normalized spacial score (nSPS) is 16.8. The van der Waals surface area contributed by atoms with E-state index in [0.29, 0.717) is 38.9 Å². The number of carbonyl (C=O) groups excluding carboxylic acids is 2. The van der Waals surface area contributed by atoms with Gasteiger partial charge < -0.3 is 19.9 Å². The largest absolute Gasteiger partial charge is 0.495 e. The van der Waals surface area contributed by atoms with Crippen molar-refractivity contribution in [2.24, 2.45) is 0 Å². The molecule has 1 N–H and O–H groups in total. The molecule has 0 atom stereocenters. The molecule has 1 aromatic rings. The average molecular weight is 414 g/mol. The van der Waals surface area contributed by atoms with Gasteiger partial charge in [-0.1, -0.05) is 23.8 Å². The number of ether oxygens (including phenoxy) is 1. The van der Waals surface area contributed by atoms with Gasteiger partial charge in [-0.2, -0.15) is 0 Å². The maximum Gasteiger partial charge on any atom is 0.222 e. The summed E-state index contributed by atoms with van der Waals surface area (Å²) in [5, 5.41) is 2.99. The number of amides is 2. The van der Waals surface area contributed by atoms with E-state index in [2.05, 4.69) is 22.4 Å². The molecule has 6 nitrogen and oxygen atoms in total. The van der Waals surface area contributed by atoms with Gasteiger partial charge in [0.15, 0.2) is 0 Å². The van der Waals surface area contributed by atoms with Crippen molar-refractivity contribution < 1.29 is 14.3 Å². The molecule has 1 aliphatic heterocycles. The zero-order valence-electron chi connectivity index (χ0n) is 18.2. The number of rotatable bonds is 9. The maximum absolute atomic E-state index is 12.5. The Morgan fingerprint density at radius 2 is 1.87 bits per heavy atom. The highest BCUT2D eigenvalue weighted by Gasteiger charge is 2.22. The number of nitrogens with one attached hydrogen (secondary N) is 1. The quantitative estimate of drug-likeness (QED) is 0.629. The highest BCUT2D eigenvalue weighted by Crippen LogP contribution is 2.28. The first-order valence-corrected chi connectivity index (χ1v) is 11.3. The van der Waals surface area contributed by atoms with Crippen LogP contribution < -0.4 is 15.0 Å². The molecular formula is C24H35N3O3. The zero-order chi connectivity index (χ0) is 21.2. The summed E-state index contributed by atoms with van der Waals surface area (Å²) in [7, 11) is 1.68. The molecule has 0 aromatic heterocycles. The molecular weight excluding hydrogens is 378 g/mol. The van der Waals surface area contributed by atoms with Crippen LogP contribution in [-0.4, -0.2) is 56.5 Å². The highest BCUT2D eigenvalue weighted by atomic mass is 16.5. The van der Waals surface area contributed by atoms with E-state index in [1.165, 1.54) is 31.3 Å². The van der Waals surface area contributed by atoms with E-state index in [1.54, 1.807) is 7.11 Å². The highest BCUT2D eigenvalue weighted by molar-refractivity contribution is 5.79. The van der Waals surface area contributed by atoms with Gasteiger partial charge in [-0.25, -0.2) is 0 Å². The number of piperazine rings is 1. The van der Waals surface area contributed by atoms with Gasteiger partial charge in [0.2, 0.25) is 11.8 Å². The number of benzene rings is 1. The van der Waals surface area contributed by atoms with Crippen LogP contribution in [0.15, 0.2) is 35.9 Å². The van der Waals surface area contributed by atoms with E-state index in [-0.39, 0.29) is 11.8 Å². The van der Waals surface area contributed by atoms with Gasteiger partial charge in [0.25, 0.3) is 0 Å². The number of allylic oxidation sites excluding steroid dienone is 1. The third-order valence-electron chi connectivity index (χ3n) is 6.01. The van der Waals surface area contributed by atoms with Crippen LogP contribution in [0.25, 0.3) is 0 Å². The fourth-order valence-corrected chi connectivity index (χ4v) is 4.23. The SMILES string of the molecule is COc1ccccc1N1CCN(C(=O)CCCC(=O)NCCC2=CCCCC2)CC1. The third kappa shape index (κ3) is 6.51. The Kier molecular flexibility index (Phi) is 8.60. The van der Waals surface area contributed by atoms with Crippen molar-refractivity contribution in [3.05, 3.63) is 35.9 Å². The van der Waals surface area contributed by atoms with Crippen LogP contribution in [0.3, 0.4) is 0 Å². The average Bonchev–Trinajstić information content (AvgIpc) is 2.80. The Morgan fingerprint density at radius 1 is 1.07 bits per heavy atom. The molecule has 1 fully saturated rings. The Labute approximate surface area is 180 Å². The molecule has 164 valence electrons. The van der Waals surface area contributed by atoms with E-state index < -0.39 is 0 Å². The van der Waals surface area contributed by atoms with Crippen LogP contribution in [0.4, 0.5) is 5.69 Å². The first-order chi connectivity index (χ1) is 14.7. The van der Waals surface area contributed by atoms with E-state index in [1.807, 2.05) is 23.1 Å². The van der Waals surface area contributed by atoms with Crippen LogP contribution in [0, 0.1) is 0 Å². The molecule has 1 aliphatic carbocycles. The molecule has 0 unspecified atom stereocenters. The first kappa shape index (κ1) is 22.2. The number of methoxy groups -OCH3 is 1. The van der Waals surface area contributed by atoms with Crippen LogP contribution in [0.2, 0.25) is 0 Å². The fourth-order valence-electron chi connectivity index (χ4n) is 4.23. The number of nitrogens with zero attached hydrogens (tertiary/aromatic N) is 2. The molecule has 0 saturated carbocycles. The lowest BCUT2D eigenvalue weighted by atomic mass is 9.97. The van der Waals surface area contributed by atoms with Gasteiger partial charge in [0.05, 0.1) is 12.8 Å². The van der Waals surface area contributed by atoms with E-state index >= 15 is 0 Å². The van der Waals surface area contributed by atoms with Crippen molar-refractivity contribution in [2.75, 3.05) is 44.7 Å². The van der Waals surface area contributed by atoms with Crippen molar-refractivity contribution in [1.29, 1.82) is 0 Å². The molecule has 1 aromatic carbocycles. The minimum Gasteiger partial charge on any atom is -0.495 e. The summed E-state index contributed by atoms with van der Waals surface area (Å²) in [5.41, 5.74) is 2.55. The molecule has 1 saturated heterocycles. The first-order valence-electron chi connectivity index (χ1n) is 11.3. The van der Waals surface area contributed by atoms with Gasteiger partial charge in [0, 0.05) is 45.6 Å². The van der Waals surface area contributed by atoms with Crippen LogP contribution in [0.5, 0.6) is 5.75 Å². The predicted octanol–water partition coefficient (Wildman–Crippen LogP) is 3.52. The second-order valence-electron chi connectivity index (χ2n) is 8.10. The summed E-state index contributed by atoms with van der Waals surface area (Å²) in [6, 6.07) is 7.99. The molecule has 3 rings (SSSR count). The van der Waals surface area contributed by atoms with Crippen molar-refractivity contribution >= 4 is 17.5 Å². The second-order valence-corrected chi connectivity index (χ2v) is 8.10. The van der Waals surface area contributed by atoms with Gasteiger partial charge in [0.1, 0.15) is 5.75 Å². The van der Waals surface area contributed by atoms with Gasteiger partial charge in [-0.05, 0) is 50.7 Å². The minimum atomic E-state index is 0.0557. The summed E-state index contributed by atoms with van der Waals surface area (Å²) in [6.45, 7) is 3.71. The number of hydrogen-bond acceptors (Lipinski definition) is 4. The van der Waals surface area contributed by atoms with Crippen LogP contribution in [-0.2, 0) is 9.59 Å². The predicted molar refractivity (Wildman–Crippen MR) is 120 cm³/mol. The van der Waals surface area contributed by atoms with Crippen molar-refractivity contribution in [2.45, 2.75) is 51.4 Å². The fraction of sp³-hybridized carbons (Fsp3) is 0.583. The lowest BCUT2D eigenvalue weighted by Gasteiger charge is -2.36. The smallest absolute Gasteiger partial charge is 0.222 e. The maximum atomic E-state index is 12.5. The Balaban J connectivity index is 1.31. The summed E-state index contributed by atoms with van der Waals surface area (Å²) in [5.74, 6) is 1.07. The van der Waals surface area contributed by atoms with E-state index in [4.69, 9.17) is 4.74 Å². The van der Waals surface area contributed by atoms with Crippen molar-refractivity contribution in [3.8, 4) is 5.75 Å². The Bertz CT molecular complexity index is 739. The van der Waals surface area contributed by atoms with E-state index in [0.717, 1.165) is 30.9 Å². The van der Waals surface area contributed by atoms with Gasteiger partial charge >= 0.3 is 0 Å². The molecule has 0 radical (unpaired) electrons. The molecule has 2 amide bonds. The molecule has 1 heterocycles. The topological polar surface area (TPSA) is 61.9 Å². The third-order valence-corrected chi connectivity index (χ3v) is 6.01. The van der Waals surface area contributed by atoms with Crippen molar-refractivity contribution in [3.63, 3.8) is 0 Å². The molecule has 2 aliphatic rings. The Morgan fingerprint density at radius 3 is 2.60 bits per heavy atom. The number of para-hydroxylation sites is 2. The summed E-state index contributed by atoms with van der Waals surface area (Å²) in [6.07, 6.45) is 9.67. The lowest BCUT2D eigenvalue weighted by Crippen LogP contribution is -2.48.